The summed E-state index contributed by atoms with van der Waals surface area (Å²) in [7, 11) is 0. The van der Waals surface area contributed by atoms with Crippen molar-refractivity contribution in [3.8, 4) is 16.9 Å². The van der Waals surface area contributed by atoms with Crippen LogP contribution in [-0.2, 0) is 12.8 Å². The van der Waals surface area contributed by atoms with E-state index in [1.807, 2.05) is 48.5 Å². The van der Waals surface area contributed by atoms with E-state index in [-0.39, 0.29) is 5.97 Å². The van der Waals surface area contributed by atoms with Crippen LogP contribution < -0.4 is 4.74 Å². The van der Waals surface area contributed by atoms with Crippen molar-refractivity contribution in [3.63, 3.8) is 0 Å². The first kappa shape index (κ1) is 20.9. The van der Waals surface area contributed by atoms with Crippen LogP contribution in [0.25, 0.3) is 11.1 Å². The quantitative estimate of drug-likeness (QED) is 0.220. The van der Waals surface area contributed by atoms with Crippen LogP contribution in [-0.4, -0.2) is 5.97 Å². The highest BCUT2D eigenvalue weighted by Gasteiger charge is 2.09. The van der Waals surface area contributed by atoms with Gasteiger partial charge in [0.2, 0.25) is 0 Å². The zero-order valence-electron chi connectivity index (χ0n) is 17.5. The van der Waals surface area contributed by atoms with E-state index in [0.29, 0.717) is 11.3 Å². The van der Waals surface area contributed by atoms with Crippen molar-refractivity contribution in [2.24, 2.45) is 0 Å². The van der Waals surface area contributed by atoms with Gasteiger partial charge in [-0.1, -0.05) is 81.6 Å². The third kappa shape index (κ3) is 6.05. The molecule has 2 nitrogen and oxygen atoms in total. The molecule has 0 aromatic heterocycles. The van der Waals surface area contributed by atoms with Gasteiger partial charge in [0.25, 0.3) is 0 Å². The highest BCUT2D eigenvalue weighted by molar-refractivity contribution is 5.91. The van der Waals surface area contributed by atoms with E-state index >= 15 is 0 Å². The monoisotopic (exact) mass is 386 g/mol. The average Bonchev–Trinajstić information content (AvgIpc) is 2.76. The SMILES string of the molecule is CCCCCc1ccc(OC(=O)c2ccc(-c3ccc(CCC)cc3)cc2)cc1. The number of ether oxygens (including phenoxy) is 1. The van der Waals surface area contributed by atoms with Crippen LogP contribution in [0.4, 0.5) is 0 Å². The van der Waals surface area contributed by atoms with Crippen LogP contribution in [0.2, 0.25) is 0 Å². The summed E-state index contributed by atoms with van der Waals surface area (Å²) >= 11 is 0. The summed E-state index contributed by atoms with van der Waals surface area (Å²) in [5, 5.41) is 0. The largest absolute Gasteiger partial charge is 0.423 e. The van der Waals surface area contributed by atoms with Gasteiger partial charge in [-0.05, 0) is 65.8 Å². The third-order valence-corrected chi connectivity index (χ3v) is 5.15. The van der Waals surface area contributed by atoms with Crippen molar-refractivity contribution >= 4 is 5.97 Å². The number of unbranched alkanes of at least 4 members (excludes halogenated alkanes) is 2. The van der Waals surface area contributed by atoms with E-state index < -0.39 is 0 Å². The predicted octanol–water partition coefficient (Wildman–Crippen LogP) is 7.26. The van der Waals surface area contributed by atoms with Gasteiger partial charge in [-0.15, -0.1) is 0 Å². The molecule has 0 amide bonds. The molecule has 0 unspecified atom stereocenters. The van der Waals surface area contributed by atoms with Gasteiger partial charge in [-0.3, -0.25) is 0 Å². The molecule has 0 atom stereocenters. The molecular weight excluding hydrogens is 356 g/mol. The molecule has 0 N–H and O–H groups in total. The maximum absolute atomic E-state index is 12.5. The maximum Gasteiger partial charge on any atom is 0.343 e. The lowest BCUT2D eigenvalue weighted by Crippen LogP contribution is -2.08. The Bertz CT molecular complexity index is 891. The standard InChI is InChI=1S/C27H30O2/c1-3-5-6-8-22-11-19-26(20-12-22)29-27(28)25-17-15-24(16-18-25)23-13-9-21(7-4-2)10-14-23/h9-20H,3-8H2,1-2H3. The van der Waals surface area contributed by atoms with Gasteiger partial charge in [0.15, 0.2) is 0 Å². The molecule has 0 fully saturated rings. The molecule has 0 aliphatic heterocycles. The second-order valence-electron chi connectivity index (χ2n) is 7.51. The fourth-order valence-corrected chi connectivity index (χ4v) is 3.42. The molecule has 0 bridgehead atoms. The summed E-state index contributed by atoms with van der Waals surface area (Å²) in [6.07, 6.45) is 6.99. The van der Waals surface area contributed by atoms with Gasteiger partial charge in [0.05, 0.1) is 5.56 Å². The Morgan fingerprint density at radius 2 is 1.21 bits per heavy atom. The van der Waals surface area contributed by atoms with Gasteiger partial charge in [0.1, 0.15) is 5.75 Å². The minimum absolute atomic E-state index is 0.325. The maximum atomic E-state index is 12.5. The third-order valence-electron chi connectivity index (χ3n) is 5.15. The molecule has 29 heavy (non-hydrogen) atoms. The van der Waals surface area contributed by atoms with Crippen LogP contribution in [0.3, 0.4) is 0 Å². The van der Waals surface area contributed by atoms with E-state index in [2.05, 4.69) is 38.1 Å². The molecule has 0 spiro atoms. The van der Waals surface area contributed by atoms with E-state index in [1.165, 1.54) is 30.4 Å². The number of hydrogen-bond donors (Lipinski definition) is 0. The Morgan fingerprint density at radius 1 is 0.655 bits per heavy atom. The fourth-order valence-electron chi connectivity index (χ4n) is 3.42. The van der Waals surface area contributed by atoms with Gasteiger partial charge < -0.3 is 4.74 Å². The Balaban J connectivity index is 1.60. The van der Waals surface area contributed by atoms with Crippen LogP contribution >= 0.6 is 0 Å². The summed E-state index contributed by atoms with van der Waals surface area (Å²) < 4.78 is 5.53. The smallest absolute Gasteiger partial charge is 0.343 e. The second-order valence-corrected chi connectivity index (χ2v) is 7.51. The Hall–Kier alpha value is -2.87. The molecule has 0 radical (unpaired) electrons. The summed E-state index contributed by atoms with van der Waals surface area (Å²) in [4.78, 5) is 12.5. The Kier molecular flexibility index (Phi) is 7.63. The normalized spacial score (nSPS) is 10.7. The van der Waals surface area contributed by atoms with Crippen molar-refractivity contribution in [2.45, 2.75) is 52.4 Å². The molecule has 2 heteroatoms. The predicted molar refractivity (Wildman–Crippen MR) is 121 cm³/mol. The second kappa shape index (κ2) is 10.6. The first-order valence-corrected chi connectivity index (χ1v) is 10.7. The van der Waals surface area contributed by atoms with Crippen molar-refractivity contribution in [3.05, 3.63) is 89.5 Å². The molecule has 0 aliphatic rings. The summed E-state index contributed by atoms with van der Waals surface area (Å²) in [5.41, 5.74) is 5.45. The van der Waals surface area contributed by atoms with Gasteiger partial charge >= 0.3 is 5.97 Å². The lowest BCUT2D eigenvalue weighted by atomic mass is 10.0. The number of hydrogen-bond acceptors (Lipinski definition) is 2. The molecule has 0 saturated heterocycles. The van der Waals surface area contributed by atoms with Gasteiger partial charge in [0, 0.05) is 0 Å². The van der Waals surface area contributed by atoms with Gasteiger partial charge in [-0.2, -0.15) is 0 Å². The Labute approximate surface area is 174 Å². The first-order valence-electron chi connectivity index (χ1n) is 10.7. The molecule has 0 aliphatic carbocycles. The topological polar surface area (TPSA) is 26.3 Å². The highest BCUT2D eigenvalue weighted by atomic mass is 16.5. The van der Waals surface area contributed by atoms with E-state index in [0.717, 1.165) is 30.4 Å². The molecule has 3 aromatic carbocycles. The zero-order chi connectivity index (χ0) is 20.5. The summed E-state index contributed by atoms with van der Waals surface area (Å²) in [5.74, 6) is 0.262. The zero-order valence-corrected chi connectivity index (χ0v) is 17.5. The van der Waals surface area contributed by atoms with Gasteiger partial charge in [-0.25, -0.2) is 4.79 Å². The fraction of sp³-hybridized carbons (Fsp3) is 0.296. The van der Waals surface area contributed by atoms with Crippen molar-refractivity contribution < 1.29 is 9.53 Å². The number of rotatable bonds is 9. The van der Waals surface area contributed by atoms with Crippen molar-refractivity contribution in [1.29, 1.82) is 0 Å². The summed E-state index contributed by atoms with van der Waals surface area (Å²) in [6, 6.07) is 24.1. The minimum Gasteiger partial charge on any atom is -0.423 e. The van der Waals surface area contributed by atoms with Crippen molar-refractivity contribution in [2.75, 3.05) is 0 Å². The first-order chi connectivity index (χ1) is 14.2. The summed E-state index contributed by atoms with van der Waals surface area (Å²) in [6.45, 7) is 4.39. The van der Waals surface area contributed by atoms with Crippen LogP contribution in [0.1, 0.15) is 61.0 Å². The minimum atomic E-state index is -0.325. The molecule has 3 rings (SSSR count). The van der Waals surface area contributed by atoms with E-state index in [4.69, 9.17) is 4.74 Å². The molecule has 3 aromatic rings. The molecule has 0 saturated carbocycles. The average molecular weight is 387 g/mol. The van der Waals surface area contributed by atoms with Crippen LogP contribution in [0.5, 0.6) is 5.75 Å². The number of benzene rings is 3. The number of aryl methyl sites for hydroxylation is 2. The molecular formula is C27H30O2. The van der Waals surface area contributed by atoms with E-state index in [1.54, 1.807) is 0 Å². The number of carbonyl (C=O) groups excluding carboxylic acids is 1. The van der Waals surface area contributed by atoms with Crippen LogP contribution in [0, 0.1) is 0 Å². The van der Waals surface area contributed by atoms with Crippen molar-refractivity contribution in [1.82, 2.24) is 0 Å². The lowest BCUT2D eigenvalue weighted by molar-refractivity contribution is 0.0734. The Morgan fingerprint density at radius 3 is 1.79 bits per heavy atom. The number of carbonyl (C=O) groups is 1. The molecule has 0 heterocycles. The lowest BCUT2D eigenvalue weighted by Gasteiger charge is -2.07. The van der Waals surface area contributed by atoms with Crippen LogP contribution in [0.15, 0.2) is 72.8 Å². The highest BCUT2D eigenvalue weighted by Crippen LogP contribution is 2.22. The van der Waals surface area contributed by atoms with E-state index in [9.17, 15) is 4.79 Å². The molecule has 150 valence electrons. The number of esters is 1.